The Hall–Kier alpha value is -8.30. The molecule has 0 radical (unpaired) electrons. The minimum absolute atomic E-state index is 0.0431. The van der Waals surface area contributed by atoms with Gasteiger partial charge in [0.25, 0.3) is 23.6 Å². The summed E-state index contributed by atoms with van der Waals surface area (Å²) in [5.74, 6) is 0.986. The fourth-order valence-corrected chi connectivity index (χ4v) is 7.24. The highest BCUT2D eigenvalue weighted by molar-refractivity contribution is 6.02. The van der Waals surface area contributed by atoms with Gasteiger partial charge in [0.15, 0.2) is 22.9 Å². The number of hydrogen-bond acceptors (Lipinski definition) is 14. The number of likely N-dealkylation sites (N-methyl/N-ethyl adjacent to an activating group) is 2. The molecule has 2 N–H and O–H groups in total. The number of carbonyl (C=O) groups excluding carboxylic acids is 4. The first-order valence-corrected chi connectivity index (χ1v) is 19.5. The Morgan fingerprint density at radius 3 is 1.45 bits per heavy atom. The molecular formula is C40H38N18O4. The van der Waals surface area contributed by atoms with Crippen LogP contribution in [0.2, 0.25) is 0 Å². The summed E-state index contributed by atoms with van der Waals surface area (Å²) in [7, 11) is 3.35. The van der Waals surface area contributed by atoms with Crippen molar-refractivity contribution in [3.8, 4) is 11.6 Å². The van der Waals surface area contributed by atoms with Crippen molar-refractivity contribution in [3.05, 3.63) is 109 Å². The van der Waals surface area contributed by atoms with Gasteiger partial charge in [0.05, 0.1) is 34.6 Å². The number of amides is 4. The average Bonchev–Trinajstić information content (AvgIpc) is 4.08. The number of hydrogen-bond donors (Lipinski definition) is 2. The molecule has 22 heteroatoms. The third-order valence-electron chi connectivity index (χ3n) is 10.3. The molecule has 10 heterocycles. The molecule has 10 rings (SSSR count). The fourth-order valence-electron chi connectivity index (χ4n) is 7.24. The molecule has 2 atom stereocenters. The van der Waals surface area contributed by atoms with Gasteiger partial charge in [0.2, 0.25) is 11.6 Å². The molecule has 2 aliphatic rings. The van der Waals surface area contributed by atoms with E-state index in [1.54, 1.807) is 81.9 Å². The van der Waals surface area contributed by atoms with Crippen LogP contribution >= 0.6 is 0 Å². The van der Waals surface area contributed by atoms with Gasteiger partial charge in [-0.05, 0) is 51.0 Å². The first-order chi connectivity index (χ1) is 30.0. The lowest BCUT2D eigenvalue weighted by Crippen LogP contribution is -2.47. The number of carbonyl (C=O) groups is 4. The van der Waals surface area contributed by atoms with E-state index in [2.05, 4.69) is 60.9 Å². The van der Waals surface area contributed by atoms with Crippen molar-refractivity contribution < 1.29 is 19.2 Å². The Morgan fingerprint density at radius 1 is 0.613 bits per heavy atom. The van der Waals surface area contributed by atoms with E-state index in [1.165, 1.54) is 22.2 Å². The molecule has 4 amide bonds. The van der Waals surface area contributed by atoms with Crippen molar-refractivity contribution in [1.29, 1.82) is 0 Å². The minimum atomic E-state index is -0.709. The first-order valence-electron chi connectivity index (χ1n) is 19.5. The first kappa shape index (κ1) is 39.2. The third-order valence-corrected chi connectivity index (χ3v) is 10.3. The van der Waals surface area contributed by atoms with Crippen LogP contribution in [0.5, 0.6) is 0 Å². The van der Waals surface area contributed by atoms with Crippen molar-refractivity contribution in [2.75, 3.05) is 23.9 Å². The quantitative estimate of drug-likeness (QED) is 0.243. The summed E-state index contributed by atoms with van der Waals surface area (Å²) in [6, 6.07) is 13.1. The van der Waals surface area contributed by atoms with Gasteiger partial charge in [-0.2, -0.15) is 29.8 Å². The van der Waals surface area contributed by atoms with Crippen LogP contribution in [0.1, 0.15) is 45.5 Å². The number of rotatable bonds is 6. The summed E-state index contributed by atoms with van der Waals surface area (Å²) in [6.07, 6.45) is 10.4. The van der Waals surface area contributed by atoms with Crippen molar-refractivity contribution in [3.63, 3.8) is 0 Å². The summed E-state index contributed by atoms with van der Waals surface area (Å²) in [5.41, 5.74) is 2.59. The third kappa shape index (κ3) is 7.43. The van der Waals surface area contributed by atoms with Crippen LogP contribution in [-0.2, 0) is 22.7 Å². The lowest BCUT2D eigenvalue weighted by atomic mass is 10.2. The van der Waals surface area contributed by atoms with E-state index in [-0.39, 0.29) is 23.5 Å². The average molecular weight is 835 g/mol. The maximum atomic E-state index is 12.9. The maximum absolute atomic E-state index is 12.9. The van der Waals surface area contributed by atoms with Crippen molar-refractivity contribution in [2.45, 2.75) is 51.9 Å². The molecule has 0 fully saturated rings. The largest absolute Gasteiger partial charge is 0.337 e. The number of aryl methyl sites for hydroxylation is 4. The van der Waals surface area contributed by atoms with E-state index in [9.17, 15) is 19.2 Å². The van der Waals surface area contributed by atoms with Crippen LogP contribution in [0, 0.1) is 13.8 Å². The van der Waals surface area contributed by atoms with Crippen LogP contribution < -0.4 is 20.4 Å². The van der Waals surface area contributed by atoms with Crippen LogP contribution in [0.25, 0.3) is 33.7 Å². The monoisotopic (exact) mass is 834 g/mol. The minimum Gasteiger partial charge on any atom is -0.337 e. The lowest BCUT2D eigenvalue weighted by Gasteiger charge is -2.20. The maximum Gasteiger partial charge on any atom is 0.289 e. The molecule has 312 valence electrons. The van der Waals surface area contributed by atoms with E-state index in [0.29, 0.717) is 71.3 Å². The van der Waals surface area contributed by atoms with E-state index in [0.717, 1.165) is 11.4 Å². The predicted octanol–water partition coefficient (Wildman–Crippen LogP) is 1.76. The molecule has 62 heavy (non-hydrogen) atoms. The Labute approximate surface area is 351 Å². The molecule has 0 aromatic carbocycles. The Bertz CT molecular complexity index is 2790. The number of anilines is 2. The van der Waals surface area contributed by atoms with Crippen LogP contribution in [-0.4, -0.2) is 119 Å². The summed E-state index contributed by atoms with van der Waals surface area (Å²) in [6.45, 7) is 4.78. The second-order valence-corrected chi connectivity index (χ2v) is 14.6. The summed E-state index contributed by atoms with van der Waals surface area (Å²) < 4.78 is 6.63. The standard InChI is InChI=1S/2C20H19N9O2/c2*1-12-9-16-27(2)20(31)14(6-8-28(16)26-12)24-19(30)17-22-10-13-11-23-29(18(13)25-17)15-5-3-4-7-21-15/h2*3-5,7,9-11,14H,6,8H2,1-2H3,(H,24,30)/t2*14-/m10/s1. The molecule has 0 saturated carbocycles. The zero-order valence-corrected chi connectivity index (χ0v) is 33.9. The van der Waals surface area contributed by atoms with Gasteiger partial charge >= 0.3 is 0 Å². The van der Waals surface area contributed by atoms with Crippen molar-refractivity contribution in [1.82, 2.24) is 79.7 Å². The highest BCUT2D eigenvalue weighted by Gasteiger charge is 2.33. The summed E-state index contributed by atoms with van der Waals surface area (Å²) >= 11 is 0. The molecule has 0 bridgehead atoms. The second-order valence-electron chi connectivity index (χ2n) is 14.6. The predicted molar refractivity (Wildman–Crippen MR) is 221 cm³/mol. The van der Waals surface area contributed by atoms with Gasteiger partial charge in [-0.15, -0.1) is 0 Å². The molecule has 0 unspecified atom stereocenters. The summed E-state index contributed by atoms with van der Waals surface area (Å²) in [5, 5.41) is 24.3. The molecular weight excluding hydrogens is 797 g/mol. The van der Waals surface area contributed by atoms with E-state index < -0.39 is 23.9 Å². The number of fused-ring (bicyclic) bond motifs is 4. The molecule has 8 aromatic rings. The number of nitrogens with zero attached hydrogens (tertiary/aromatic N) is 16. The zero-order chi connectivity index (χ0) is 43.1. The molecule has 2 aliphatic heterocycles. The van der Waals surface area contributed by atoms with Gasteiger partial charge in [0.1, 0.15) is 23.7 Å². The Morgan fingerprint density at radius 2 is 1.05 bits per heavy atom. The second kappa shape index (κ2) is 16.0. The van der Waals surface area contributed by atoms with Gasteiger partial charge < -0.3 is 10.6 Å². The molecule has 0 saturated heterocycles. The van der Waals surface area contributed by atoms with Crippen LogP contribution in [0.3, 0.4) is 0 Å². The van der Waals surface area contributed by atoms with Gasteiger partial charge in [-0.1, -0.05) is 12.1 Å². The Balaban J connectivity index is 0.000000158. The zero-order valence-electron chi connectivity index (χ0n) is 33.9. The van der Waals surface area contributed by atoms with Crippen molar-refractivity contribution in [2.24, 2.45) is 0 Å². The van der Waals surface area contributed by atoms with Gasteiger partial charge in [0, 0.05) is 64.1 Å². The van der Waals surface area contributed by atoms with Gasteiger partial charge in [-0.25, -0.2) is 39.3 Å². The molecule has 22 nitrogen and oxygen atoms in total. The number of aromatic nitrogens is 14. The van der Waals surface area contributed by atoms with E-state index in [1.807, 2.05) is 38.1 Å². The van der Waals surface area contributed by atoms with Gasteiger partial charge in [-0.3, -0.25) is 29.0 Å². The Kier molecular flexibility index (Phi) is 10.1. The van der Waals surface area contributed by atoms with E-state index in [4.69, 9.17) is 0 Å². The topological polar surface area (TPSA) is 247 Å². The van der Waals surface area contributed by atoms with Crippen LogP contribution in [0.4, 0.5) is 11.6 Å². The number of pyridine rings is 2. The smallest absolute Gasteiger partial charge is 0.289 e. The van der Waals surface area contributed by atoms with Crippen LogP contribution in [0.15, 0.2) is 85.7 Å². The molecule has 0 spiro atoms. The van der Waals surface area contributed by atoms with Crippen molar-refractivity contribution >= 4 is 57.3 Å². The lowest BCUT2D eigenvalue weighted by molar-refractivity contribution is -0.120. The fraction of sp³-hybridized carbons (Fsp3) is 0.250. The number of nitrogens with one attached hydrogen (secondary N) is 2. The highest BCUT2D eigenvalue weighted by Crippen LogP contribution is 2.23. The molecule has 0 aliphatic carbocycles. The SMILES string of the molecule is Cc1cc2n(n1)CC[C@@H](NC(=O)c1ncc3cnn(-c4ccccn4)c3n1)C(=O)N2C.Cc1cc2n(n1)CC[C@H](NC(=O)c1ncc3cnn(-c4ccccn4)c3n1)C(=O)N2C. The summed E-state index contributed by atoms with van der Waals surface area (Å²) in [4.78, 5) is 80.2. The van der Waals surface area contributed by atoms with E-state index >= 15 is 0 Å². The molecule has 8 aromatic heterocycles. The highest BCUT2D eigenvalue weighted by atomic mass is 16.2. The normalized spacial score (nSPS) is 16.3.